The Morgan fingerprint density at radius 2 is 2.41 bits per heavy atom. The van der Waals surface area contributed by atoms with Gasteiger partial charge in [0.2, 0.25) is 0 Å². The molecule has 4 heteroatoms. The number of methoxy groups -OCH3 is 1. The fourth-order valence-electron chi connectivity index (χ4n) is 1.75. The molecule has 1 aromatic rings. The largest absolute Gasteiger partial charge is 0.389 e. The molecular formula is C13H20N2O2. The zero-order valence-corrected chi connectivity index (χ0v) is 10.2. The maximum absolute atomic E-state index is 9.47. The summed E-state index contributed by atoms with van der Waals surface area (Å²) in [5.74, 6) is 0. The molecule has 0 fully saturated rings. The number of ether oxygens (including phenoxy) is 1. The van der Waals surface area contributed by atoms with Gasteiger partial charge in [-0.15, -0.1) is 6.58 Å². The SMILES string of the molecule is C=CC(O)CCc1ccnc(COC)c1CN. The molecule has 1 rings (SSSR count). The van der Waals surface area contributed by atoms with Gasteiger partial charge < -0.3 is 15.6 Å². The molecule has 1 heterocycles. The van der Waals surface area contributed by atoms with Crippen LogP contribution in [0.15, 0.2) is 24.9 Å². The van der Waals surface area contributed by atoms with E-state index < -0.39 is 6.10 Å². The van der Waals surface area contributed by atoms with Crippen molar-refractivity contribution < 1.29 is 9.84 Å². The van der Waals surface area contributed by atoms with Crippen LogP contribution in [0.4, 0.5) is 0 Å². The van der Waals surface area contributed by atoms with E-state index in [-0.39, 0.29) is 0 Å². The number of aliphatic hydroxyl groups is 1. The Morgan fingerprint density at radius 1 is 1.65 bits per heavy atom. The third kappa shape index (κ3) is 3.93. The lowest BCUT2D eigenvalue weighted by atomic mass is 10.0. The monoisotopic (exact) mass is 236 g/mol. The van der Waals surface area contributed by atoms with Crippen LogP contribution < -0.4 is 5.73 Å². The Labute approximate surface area is 102 Å². The summed E-state index contributed by atoms with van der Waals surface area (Å²) in [6.07, 6.45) is 4.23. The van der Waals surface area contributed by atoms with Gasteiger partial charge in [-0.25, -0.2) is 0 Å². The van der Waals surface area contributed by atoms with E-state index in [0.717, 1.165) is 23.2 Å². The minimum absolute atomic E-state index is 0.437. The van der Waals surface area contributed by atoms with Crippen LogP contribution in [0.2, 0.25) is 0 Å². The zero-order chi connectivity index (χ0) is 12.7. The number of pyridine rings is 1. The molecule has 1 atom stereocenters. The van der Waals surface area contributed by atoms with Crippen LogP contribution in [0.1, 0.15) is 23.2 Å². The molecule has 4 nitrogen and oxygen atoms in total. The number of rotatable bonds is 7. The molecule has 0 amide bonds. The van der Waals surface area contributed by atoms with Crippen molar-refractivity contribution in [3.05, 3.63) is 41.7 Å². The lowest BCUT2D eigenvalue weighted by molar-refractivity contribution is 0.180. The summed E-state index contributed by atoms with van der Waals surface area (Å²) in [4.78, 5) is 4.26. The second-order valence-electron chi connectivity index (χ2n) is 3.87. The molecule has 0 saturated carbocycles. The lowest BCUT2D eigenvalue weighted by Crippen LogP contribution is -2.11. The number of aromatic nitrogens is 1. The first kappa shape index (κ1) is 13.8. The molecule has 0 saturated heterocycles. The summed E-state index contributed by atoms with van der Waals surface area (Å²) in [6, 6.07) is 1.94. The maximum Gasteiger partial charge on any atom is 0.0887 e. The number of hydrogen-bond donors (Lipinski definition) is 2. The number of nitrogens with two attached hydrogens (primary N) is 1. The van der Waals surface area contributed by atoms with Crippen molar-refractivity contribution in [1.82, 2.24) is 4.98 Å². The van der Waals surface area contributed by atoms with Crippen molar-refractivity contribution in [2.24, 2.45) is 5.73 Å². The summed E-state index contributed by atoms with van der Waals surface area (Å²) in [6.45, 7) is 4.45. The van der Waals surface area contributed by atoms with Crippen molar-refractivity contribution in [3.63, 3.8) is 0 Å². The number of nitrogens with zero attached hydrogens (tertiary/aromatic N) is 1. The van der Waals surface area contributed by atoms with E-state index >= 15 is 0 Å². The van der Waals surface area contributed by atoms with Gasteiger partial charge in [-0.3, -0.25) is 4.98 Å². The molecule has 94 valence electrons. The Bertz CT molecular complexity index is 366. The van der Waals surface area contributed by atoms with Gasteiger partial charge in [0.25, 0.3) is 0 Å². The van der Waals surface area contributed by atoms with Crippen molar-refractivity contribution >= 4 is 0 Å². The van der Waals surface area contributed by atoms with E-state index in [1.165, 1.54) is 0 Å². The molecule has 0 aromatic carbocycles. The quantitative estimate of drug-likeness (QED) is 0.697. The van der Waals surface area contributed by atoms with Crippen LogP contribution in [0.25, 0.3) is 0 Å². The minimum atomic E-state index is -0.473. The second kappa shape index (κ2) is 7.17. The highest BCUT2D eigenvalue weighted by molar-refractivity contribution is 5.30. The van der Waals surface area contributed by atoms with Crippen LogP contribution in [0.3, 0.4) is 0 Å². The molecule has 0 spiro atoms. The first-order chi connectivity index (χ1) is 8.22. The predicted octanol–water partition coefficient (Wildman–Crippen LogP) is 1.17. The van der Waals surface area contributed by atoms with E-state index in [1.54, 1.807) is 19.4 Å². The van der Waals surface area contributed by atoms with E-state index in [0.29, 0.717) is 19.6 Å². The van der Waals surface area contributed by atoms with E-state index in [2.05, 4.69) is 11.6 Å². The molecule has 0 radical (unpaired) electrons. The fourth-order valence-corrected chi connectivity index (χ4v) is 1.75. The Morgan fingerprint density at radius 3 is 3.00 bits per heavy atom. The Hall–Kier alpha value is -1.23. The first-order valence-electron chi connectivity index (χ1n) is 5.68. The molecule has 17 heavy (non-hydrogen) atoms. The van der Waals surface area contributed by atoms with E-state index in [9.17, 15) is 5.11 Å². The third-order valence-corrected chi connectivity index (χ3v) is 2.71. The highest BCUT2D eigenvalue weighted by Crippen LogP contribution is 2.15. The standard InChI is InChI=1S/C13H20N2O2/c1-3-11(16)5-4-10-6-7-15-13(9-17-2)12(10)8-14/h3,6-7,11,16H,1,4-5,8-9,14H2,2H3. The molecule has 1 aromatic heterocycles. The Balaban J connectivity index is 2.83. The average Bonchev–Trinajstić information content (AvgIpc) is 2.36. The minimum Gasteiger partial charge on any atom is -0.389 e. The van der Waals surface area contributed by atoms with Crippen LogP contribution >= 0.6 is 0 Å². The molecule has 1 unspecified atom stereocenters. The molecule has 0 aliphatic heterocycles. The van der Waals surface area contributed by atoms with Gasteiger partial charge in [-0.1, -0.05) is 6.08 Å². The van der Waals surface area contributed by atoms with Crippen LogP contribution in [-0.4, -0.2) is 23.3 Å². The van der Waals surface area contributed by atoms with Crippen molar-refractivity contribution in [2.75, 3.05) is 7.11 Å². The molecule has 0 aliphatic rings. The highest BCUT2D eigenvalue weighted by Gasteiger charge is 2.09. The molecule has 0 aliphatic carbocycles. The summed E-state index contributed by atoms with van der Waals surface area (Å²) in [7, 11) is 1.64. The number of aliphatic hydroxyl groups excluding tert-OH is 1. The maximum atomic E-state index is 9.47. The highest BCUT2D eigenvalue weighted by atomic mass is 16.5. The first-order valence-corrected chi connectivity index (χ1v) is 5.68. The second-order valence-corrected chi connectivity index (χ2v) is 3.87. The van der Waals surface area contributed by atoms with Crippen LogP contribution in [-0.2, 0) is 24.3 Å². The van der Waals surface area contributed by atoms with E-state index in [1.807, 2.05) is 6.07 Å². The van der Waals surface area contributed by atoms with Gasteiger partial charge in [0.05, 0.1) is 18.4 Å². The molecular weight excluding hydrogens is 216 g/mol. The molecule has 3 N–H and O–H groups in total. The van der Waals surface area contributed by atoms with Crippen molar-refractivity contribution in [2.45, 2.75) is 32.1 Å². The topological polar surface area (TPSA) is 68.4 Å². The fraction of sp³-hybridized carbons (Fsp3) is 0.462. The summed E-state index contributed by atoms with van der Waals surface area (Å²) < 4.78 is 5.09. The Kier molecular flexibility index (Phi) is 5.83. The summed E-state index contributed by atoms with van der Waals surface area (Å²) >= 11 is 0. The normalized spacial score (nSPS) is 12.4. The van der Waals surface area contributed by atoms with Gasteiger partial charge in [0.1, 0.15) is 0 Å². The third-order valence-electron chi connectivity index (χ3n) is 2.71. The van der Waals surface area contributed by atoms with Crippen LogP contribution in [0.5, 0.6) is 0 Å². The van der Waals surface area contributed by atoms with Crippen LogP contribution in [0, 0.1) is 0 Å². The van der Waals surface area contributed by atoms with E-state index in [4.69, 9.17) is 10.5 Å². The number of hydrogen-bond acceptors (Lipinski definition) is 4. The summed E-state index contributed by atoms with van der Waals surface area (Å²) in [5.41, 5.74) is 8.76. The predicted molar refractivity (Wildman–Crippen MR) is 67.4 cm³/mol. The van der Waals surface area contributed by atoms with Crippen molar-refractivity contribution in [3.8, 4) is 0 Å². The lowest BCUT2D eigenvalue weighted by Gasteiger charge is -2.13. The number of aryl methyl sites for hydroxylation is 1. The van der Waals surface area contributed by atoms with Crippen molar-refractivity contribution in [1.29, 1.82) is 0 Å². The average molecular weight is 236 g/mol. The smallest absolute Gasteiger partial charge is 0.0887 e. The van der Waals surface area contributed by atoms with Gasteiger partial charge in [0, 0.05) is 19.9 Å². The molecule has 0 bridgehead atoms. The van der Waals surface area contributed by atoms with Gasteiger partial charge >= 0.3 is 0 Å². The summed E-state index contributed by atoms with van der Waals surface area (Å²) in [5, 5.41) is 9.47. The van der Waals surface area contributed by atoms with Gasteiger partial charge in [0.15, 0.2) is 0 Å². The van der Waals surface area contributed by atoms with Gasteiger partial charge in [-0.05, 0) is 30.0 Å². The van der Waals surface area contributed by atoms with Gasteiger partial charge in [-0.2, -0.15) is 0 Å². The zero-order valence-electron chi connectivity index (χ0n) is 10.2.